The van der Waals surface area contributed by atoms with Crippen LogP contribution >= 0.6 is 0 Å². The van der Waals surface area contributed by atoms with E-state index in [1.807, 2.05) is 12.1 Å². The number of carbonyl (C=O) groups excluding carboxylic acids is 2. The SMILES string of the molecule is COc1ccccc1C=CC(=O)O.Cc1cc(O)c2c(c1O)C(=O)c1c(O)cc(C)c(O)c1C2=O. The van der Waals surface area contributed by atoms with Crippen molar-refractivity contribution < 1.29 is 44.7 Å². The monoisotopic (exact) mass is 478 g/mol. The fraction of sp³-hybridized carbons (Fsp3) is 0.115. The van der Waals surface area contributed by atoms with E-state index in [0.29, 0.717) is 5.75 Å². The lowest BCUT2D eigenvalue weighted by Crippen LogP contribution is -2.22. The molecule has 0 aliphatic heterocycles. The summed E-state index contributed by atoms with van der Waals surface area (Å²) in [6.07, 6.45) is 2.58. The maximum Gasteiger partial charge on any atom is 0.328 e. The maximum absolute atomic E-state index is 12.6. The number of aromatic hydroxyl groups is 4. The molecular weight excluding hydrogens is 456 g/mol. The van der Waals surface area contributed by atoms with Crippen LogP contribution in [0.2, 0.25) is 0 Å². The van der Waals surface area contributed by atoms with Gasteiger partial charge in [0, 0.05) is 11.6 Å². The number of para-hydroxylation sites is 1. The molecule has 180 valence electrons. The molecule has 0 atom stereocenters. The zero-order valence-corrected chi connectivity index (χ0v) is 19.0. The quantitative estimate of drug-likeness (QED) is 0.218. The first-order chi connectivity index (χ1) is 16.5. The van der Waals surface area contributed by atoms with Gasteiger partial charge in [0.25, 0.3) is 0 Å². The highest BCUT2D eigenvalue weighted by molar-refractivity contribution is 6.32. The van der Waals surface area contributed by atoms with E-state index in [1.165, 1.54) is 19.9 Å². The van der Waals surface area contributed by atoms with Gasteiger partial charge in [0.15, 0.2) is 0 Å². The van der Waals surface area contributed by atoms with E-state index in [9.17, 15) is 34.8 Å². The van der Waals surface area contributed by atoms with Crippen LogP contribution in [0.4, 0.5) is 0 Å². The fourth-order valence-corrected chi connectivity index (χ4v) is 3.70. The van der Waals surface area contributed by atoms with E-state index in [2.05, 4.69) is 0 Å². The summed E-state index contributed by atoms with van der Waals surface area (Å²) >= 11 is 0. The second kappa shape index (κ2) is 9.60. The smallest absolute Gasteiger partial charge is 0.328 e. The molecule has 0 spiro atoms. The Morgan fingerprint density at radius 3 is 1.69 bits per heavy atom. The highest BCUT2D eigenvalue weighted by Crippen LogP contribution is 2.45. The molecule has 0 saturated carbocycles. The van der Waals surface area contributed by atoms with Gasteiger partial charge in [0.05, 0.1) is 29.4 Å². The van der Waals surface area contributed by atoms with E-state index < -0.39 is 40.5 Å². The minimum Gasteiger partial charge on any atom is -0.507 e. The van der Waals surface area contributed by atoms with Crippen LogP contribution in [0.5, 0.6) is 28.7 Å². The van der Waals surface area contributed by atoms with Crippen LogP contribution in [0, 0.1) is 13.8 Å². The molecule has 4 rings (SSSR count). The fourth-order valence-electron chi connectivity index (χ4n) is 3.70. The predicted octanol–water partition coefficient (Wildman–Crippen LogP) is 3.69. The number of phenolic OH excluding ortho intramolecular Hbond substituents is 4. The van der Waals surface area contributed by atoms with Crippen LogP contribution in [0.25, 0.3) is 6.08 Å². The van der Waals surface area contributed by atoms with Crippen molar-refractivity contribution in [3.63, 3.8) is 0 Å². The van der Waals surface area contributed by atoms with Crippen LogP contribution in [-0.2, 0) is 4.79 Å². The first kappa shape index (κ1) is 24.8. The zero-order valence-electron chi connectivity index (χ0n) is 19.0. The van der Waals surface area contributed by atoms with E-state index in [-0.39, 0.29) is 33.4 Å². The van der Waals surface area contributed by atoms with E-state index in [0.717, 1.165) is 23.8 Å². The summed E-state index contributed by atoms with van der Waals surface area (Å²) in [6, 6.07) is 9.55. The molecule has 35 heavy (non-hydrogen) atoms. The number of ketones is 2. The van der Waals surface area contributed by atoms with Gasteiger partial charge in [0.2, 0.25) is 11.6 Å². The van der Waals surface area contributed by atoms with Crippen molar-refractivity contribution in [2.75, 3.05) is 7.11 Å². The molecule has 0 saturated heterocycles. The van der Waals surface area contributed by atoms with Gasteiger partial charge in [-0.25, -0.2) is 4.79 Å². The van der Waals surface area contributed by atoms with Gasteiger partial charge in [-0.05, 0) is 49.2 Å². The Kier molecular flexibility index (Phi) is 6.81. The largest absolute Gasteiger partial charge is 0.507 e. The molecule has 5 N–H and O–H groups in total. The van der Waals surface area contributed by atoms with E-state index in [1.54, 1.807) is 19.2 Å². The van der Waals surface area contributed by atoms with Crippen LogP contribution in [0.1, 0.15) is 48.5 Å². The third-order valence-electron chi connectivity index (χ3n) is 5.39. The summed E-state index contributed by atoms with van der Waals surface area (Å²) in [4.78, 5) is 35.4. The van der Waals surface area contributed by atoms with Gasteiger partial charge in [0.1, 0.15) is 28.7 Å². The third-order valence-corrected chi connectivity index (χ3v) is 5.39. The highest BCUT2D eigenvalue weighted by Gasteiger charge is 2.39. The Morgan fingerprint density at radius 1 is 0.800 bits per heavy atom. The van der Waals surface area contributed by atoms with Crippen molar-refractivity contribution in [2.45, 2.75) is 13.8 Å². The number of fused-ring (bicyclic) bond motifs is 2. The summed E-state index contributed by atoms with van der Waals surface area (Å²) in [5, 5.41) is 48.5. The lowest BCUT2D eigenvalue weighted by Gasteiger charge is -2.22. The molecule has 1 aliphatic rings. The van der Waals surface area contributed by atoms with Crippen molar-refractivity contribution in [1.82, 2.24) is 0 Å². The molecule has 0 fully saturated rings. The molecule has 9 nitrogen and oxygen atoms in total. The van der Waals surface area contributed by atoms with Crippen molar-refractivity contribution in [3.8, 4) is 28.7 Å². The van der Waals surface area contributed by atoms with Crippen LogP contribution < -0.4 is 4.74 Å². The number of hydrogen-bond acceptors (Lipinski definition) is 8. The summed E-state index contributed by atoms with van der Waals surface area (Å²) in [6.45, 7) is 2.93. The lowest BCUT2D eigenvalue weighted by molar-refractivity contribution is -0.131. The van der Waals surface area contributed by atoms with Gasteiger partial charge in [-0.3, -0.25) is 9.59 Å². The van der Waals surface area contributed by atoms with Crippen LogP contribution in [-0.4, -0.2) is 50.2 Å². The Labute approximate surface area is 199 Å². The van der Waals surface area contributed by atoms with Gasteiger partial charge in [-0.1, -0.05) is 18.2 Å². The van der Waals surface area contributed by atoms with Crippen LogP contribution in [0.15, 0.2) is 42.5 Å². The highest BCUT2D eigenvalue weighted by atomic mass is 16.5. The molecule has 1 aliphatic carbocycles. The Bertz CT molecular complexity index is 1330. The molecule has 0 heterocycles. The molecule has 0 bridgehead atoms. The third kappa shape index (κ3) is 4.51. The van der Waals surface area contributed by atoms with Crippen LogP contribution in [0.3, 0.4) is 0 Å². The molecule has 3 aromatic rings. The number of phenols is 4. The second-order valence-corrected chi connectivity index (χ2v) is 7.69. The number of benzene rings is 3. The Balaban J connectivity index is 0.000000225. The number of carboxylic acids is 1. The van der Waals surface area contributed by atoms with E-state index in [4.69, 9.17) is 9.84 Å². The van der Waals surface area contributed by atoms with Crippen molar-refractivity contribution in [2.24, 2.45) is 0 Å². The molecule has 0 amide bonds. The minimum atomic E-state index is -0.967. The number of aliphatic carboxylic acids is 1. The minimum absolute atomic E-state index is 0.219. The first-order valence-corrected chi connectivity index (χ1v) is 10.2. The number of methoxy groups -OCH3 is 1. The van der Waals surface area contributed by atoms with Crippen molar-refractivity contribution >= 4 is 23.6 Å². The van der Waals surface area contributed by atoms with Gasteiger partial charge >= 0.3 is 5.97 Å². The maximum atomic E-state index is 12.6. The van der Waals surface area contributed by atoms with Gasteiger partial charge < -0.3 is 30.3 Å². The number of carbonyl (C=O) groups is 3. The zero-order chi connectivity index (χ0) is 26.0. The lowest BCUT2D eigenvalue weighted by atomic mass is 9.80. The molecule has 0 aromatic heterocycles. The summed E-state index contributed by atoms with van der Waals surface area (Å²) in [7, 11) is 1.55. The predicted molar refractivity (Wildman–Crippen MR) is 126 cm³/mol. The number of ether oxygens (including phenoxy) is 1. The normalized spacial score (nSPS) is 12.0. The average Bonchev–Trinajstić information content (AvgIpc) is 2.81. The van der Waals surface area contributed by atoms with Gasteiger partial charge in [-0.15, -0.1) is 0 Å². The first-order valence-electron chi connectivity index (χ1n) is 10.2. The van der Waals surface area contributed by atoms with Crippen molar-refractivity contribution in [3.05, 3.63) is 81.4 Å². The molecule has 0 radical (unpaired) electrons. The molecule has 3 aromatic carbocycles. The average molecular weight is 478 g/mol. The Hall–Kier alpha value is -4.79. The topological polar surface area (TPSA) is 162 Å². The molecule has 0 unspecified atom stereocenters. The molecule has 9 heteroatoms. The number of aryl methyl sites for hydroxylation is 2. The Morgan fingerprint density at radius 2 is 1.26 bits per heavy atom. The van der Waals surface area contributed by atoms with Crippen molar-refractivity contribution in [1.29, 1.82) is 0 Å². The number of carboxylic acid groups (broad SMARTS) is 1. The summed E-state index contributed by atoms with van der Waals surface area (Å²) < 4.78 is 5.03. The van der Waals surface area contributed by atoms with E-state index >= 15 is 0 Å². The summed E-state index contributed by atoms with van der Waals surface area (Å²) in [5.41, 5.74) is -0.287. The second-order valence-electron chi connectivity index (χ2n) is 7.69. The number of rotatable bonds is 3. The summed E-state index contributed by atoms with van der Waals surface area (Å²) in [5.74, 6) is -3.74. The number of hydrogen-bond donors (Lipinski definition) is 5. The standard InChI is InChI=1S/C16H12O6.C10H10O3/c1-5-3-7(17)9-11(13(5)19)15(21)10-8(18)4-6(2)14(20)12(10)16(9)22;1-13-9-5-3-2-4-8(9)6-7-10(11)12/h3-4,17-20H,1-2H3;2-7H,1H3,(H,11,12). The van der Waals surface area contributed by atoms with Gasteiger partial charge in [-0.2, -0.15) is 0 Å². The molecular formula is C26H22O9.